The van der Waals surface area contributed by atoms with E-state index in [1.54, 1.807) is 6.92 Å². The zero-order chi connectivity index (χ0) is 13.4. The van der Waals surface area contributed by atoms with E-state index in [-0.39, 0.29) is 24.5 Å². The Morgan fingerprint density at radius 3 is 2.59 bits per heavy atom. The van der Waals surface area contributed by atoms with E-state index < -0.39 is 11.9 Å². The summed E-state index contributed by atoms with van der Waals surface area (Å²) in [6, 6.07) is -0.641. The van der Waals surface area contributed by atoms with Crippen molar-refractivity contribution in [3.05, 3.63) is 24.5 Å². The highest BCUT2D eigenvalue weighted by Crippen LogP contribution is 2.06. The summed E-state index contributed by atoms with van der Waals surface area (Å²) in [5, 5.41) is 9.29. The standard InChI is InChI=1S/C11H19N3O3/c1-4-5-9(15)6-7-10(16)14(3)8(2)11(17)13-12/h4-5,8,15H,1,6-7,12H2,2-3H3,(H,13,17)/b9-5+. The van der Waals surface area contributed by atoms with Crippen molar-refractivity contribution in [3.63, 3.8) is 0 Å². The van der Waals surface area contributed by atoms with E-state index in [1.807, 2.05) is 5.43 Å². The molecular weight excluding hydrogens is 222 g/mol. The van der Waals surface area contributed by atoms with Crippen LogP contribution in [-0.4, -0.2) is 34.9 Å². The Balaban J connectivity index is 4.28. The first kappa shape index (κ1) is 15.2. The van der Waals surface area contributed by atoms with Gasteiger partial charge >= 0.3 is 0 Å². The Kier molecular flexibility index (Phi) is 6.65. The number of nitrogens with two attached hydrogens (primary N) is 1. The lowest BCUT2D eigenvalue weighted by atomic mass is 10.2. The van der Waals surface area contributed by atoms with Crippen LogP contribution in [0.5, 0.6) is 0 Å². The predicted molar refractivity (Wildman–Crippen MR) is 64.7 cm³/mol. The zero-order valence-corrected chi connectivity index (χ0v) is 10.1. The van der Waals surface area contributed by atoms with Gasteiger partial charge in [-0.05, 0) is 13.0 Å². The number of hydrazine groups is 1. The molecule has 0 aromatic rings. The van der Waals surface area contributed by atoms with E-state index in [9.17, 15) is 14.7 Å². The third kappa shape index (κ3) is 5.17. The Morgan fingerprint density at radius 2 is 2.12 bits per heavy atom. The van der Waals surface area contributed by atoms with E-state index in [0.29, 0.717) is 0 Å². The number of aliphatic hydroxyl groups is 1. The van der Waals surface area contributed by atoms with Crippen molar-refractivity contribution >= 4 is 11.8 Å². The summed E-state index contributed by atoms with van der Waals surface area (Å²) in [7, 11) is 1.51. The van der Waals surface area contributed by atoms with Gasteiger partial charge in [0.2, 0.25) is 5.91 Å². The first-order chi connectivity index (χ1) is 7.93. The molecule has 4 N–H and O–H groups in total. The van der Waals surface area contributed by atoms with Crippen molar-refractivity contribution in [3.8, 4) is 0 Å². The maximum Gasteiger partial charge on any atom is 0.256 e. The lowest BCUT2D eigenvalue weighted by Crippen LogP contribution is -2.48. The van der Waals surface area contributed by atoms with Gasteiger partial charge in [0.05, 0.1) is 5.76 Å². The molecule has 0 saturated heterocycles. The topological polar surface area (TPSA) is 95.7 Å². The molecule has 0 radical (unpaired) electrons. The third-order valence-electron chi connectivity index (χ3n) is 2.40. The molecule has 0 bridgehead atoms. The fourth-order valence-corrected chi connectivity index (χ4v) is 1.14. The number of hydrogen-bond acceptors (Lipinski definition) is 4. The largest absolute Gasteiger partial charge is 0.512 e. The molecule has 0 saturated carbocycles. The first-order valence-corrected chi connectivity index (χ1v) is 5.20. The van der Waals surface area contributed by atoms with Crippen LogP contribution in [-0.2, 0) is 9.59 Å². The second-order valence-electron chi connectivity index (χ2n) is 3.58. The molecule has 0 fully saturated rings. The van der Waals surface area contributed by atoms with E-state index >= 15 is 0 Å². The summed E-state index contributed by atoms with van der Waals surface area (Å²) in [4.78, 5) is 24.1. The van der Waals surface area contributed by atoms with Crippen molar-refractivity contribution < 1.29 is 14.7 Å². The van der Waals surface area contributed by atoms with Crippen molar-refractivity contribution in [1.29, 1.82) is 0 Å². The number of amides is 2. The molecule has 1 unspecified atom stereocenters. The molecule has 0 aliphatic rings. The van der Waals surface area contributed by atoms with Crippen LogP contribution in [0.25, 0.3) is 0 Å². The predicted octanol–water partition coefficient (Wildman–Crippen LogP) is 0.231. The molecule has 96 valence electrons. The lowest BCUT2D eigenvalue weighted by Gasteiger charge is -2.23. The lowest BCUT2D eigenvalue weighted by molar-refractivity contribution is -0.138. The van der Waals surface area contributed by atoms with Gasteiger partial charge in [-0.15, -0.1) is 0 Å². The molecular formula is C11H19N3O3. The highest BCUT2D eigenvalue weighted by molar-refractivity contribution is 5.86. The quantitative estimate of drug-likeness (QED) is 0.204. The summed E-state index contributed by atoms with van der Waals surface area (Å²) >= 11 is 0. The number of carbonyl (C=O) groups excluding carboxylic acids is 2. The van der Waals surface area contributed by atoms with Gasteiger partial charge in [0.25, 0.3) is 5.91 Å². The zero-order valence-electron chi connectivity index (χ0n) is 10.1. The highest BCUT2D eigenvalue weighted by atomic mass is 16.3. The number of rotatable bonds is 6. The summed E-state index contributed by atoms with van der Waals surface area (Å²) in [6.07, 6.45) is 3.19. The molecule has 1 atom stereocenters. The number of aliphatic hydroxyl groups excluding tert-OH is 1. The van der Waals surface area contributed by atoms with Gasteiger partial charge in [-0.2, -0.15) is 0 Å². The fourth-order valence-electron chi connectivity index (χ4n) is 1.14. The smallest absolute Gasteiger partial charge is 0.256 e. The maximum atomic E-state index is 11.7. The SMILES string of the molecule is C=C/C=C(/O)CCC(=O)N(C)C(C)C(=O)NN. The Labute approximate surface area is 101 Å². The number of allylic oxidation sites excluding steroid dienone is 3. The van der Waals surface area contributed by atoms with Gasteiger partial charge in [-0.3, -0.25) is 15.0 Å². The van der Waals surface area contributed by atoms with E-state index in [4.69, 9.17) is 5.84 Å². The van der Waals surface area contributed by atoms with Crippen LogP contribution >= 0.6 is 0 Å². The molecule has 0 aliphatic carbocycles. The van der Waals surface area contributed by atoms with Crippen LogP contribution in [0.15, 0.2) is 24.5 Å². The van der Waals surface area contributed by atoms with Crippen LogP contribution < -0.4 is 11.3 Å². The van der Waals surface area contributed by atoms with Gasteiger partial charge in [0, 0.05) is 19.9 Å². The van der Waals surface area contributed by atoms with Gasteiger partial charge in [0.15, 0.2) is 0 Å². The summed E-state index contributed by atoms with van der Waals surface area (Å²) < 4.78 is 0. The van der Waals surface area contributed by atoms with Crippen LogP contribution in [0.1, 0.15) is 19.8 Å². The van der Waals surface area contributed by atoms with E-state index in [0.717, 1.165) is 0 Å². The Hall–Kier alpha value is -1.82. The van der Waals surface area contributed by atoms with Crippen molar-refractivity contribution in [2.24, 2.45) is 5.84 Å². The van der Waals surface area contributed by atoms with Crippen molar-refractivity contribution in [1.82, 2.24) is 10.3 Å². The van der Waals surface area contributed by atoms with E-state index in [2.05, 4.69) is 6.58 Å². The number of likely N-dealkylation sites (N-methyl/N-ethyl adjacent to an activating group) is 1. The van der Waals surface area contributed by atoms with Gasteiger partial charge in [-0.1, -0.05) is 12.7 Å². The third-order valence-corrected chi connectivity index (χ3v) is 2.40. The molecule has 0 heterocycles. The minimum absolute atomic E-state index is 0.0812. The second kappa shape index (κ2) is 7.45. The average Bonchev–Trinajstić information content (AvgIpc) is 2.33. The fraction of sp³-hybridized carbons (Fsp3) is 0.455. The average molecular weight is 241 g/mol. The number of hydrogen-bond donors (Lipinski definition) is 3. The first-order valence-electron chi connectivity index (χ1n) is 5.20. The van der Waals surface area contributed by atoms with Gasteiger partial charge in [-0.25, -0.2) is 5.84 Å². The molecule has 6 nitrogen and oxygen atoms in total. The van der Waals surface area contributed by atoms with Crippen LogP contribution in [0.3, 0.4) is 0 Å². The minimum atomic E-state index is -0.641. The molecule has 2 amide bonds. The van der Waals surface area contributed by atoms with Crippen molar-refractivity contribution in [2.75, 3.05) is 7.05 Å². The van der Waals surface area contributed by atoms with Gasteiger partial charge < -0.3 is 10.0 Å². The van der Waals surface area contributed by atoms with Crippen LogP contribution in [0.4, 0.5) is 0 Å². The Bertz CT molecular complexity index is 326. The number of carbonyl (C=O) groups is 2. The number of nitrogens with zero attached hydrogens (tertiary/aromatic N) is 1. The highest BCUT2D eigenvalue weighted by Gasteiger charge is 2.21. The Morgan fingerprint density at radius 1 is 1.53 bits per heavy atom. The molecule has 17 heavy (non-hydrogen) atoms. The van der Waals surface area contributed by atoms with Crippen LogP contribution in [0, 0.1) is 0 Å². The molecule has 0 aliphatic heterocycles. The minimum Gasteiger partial charge on any atom is -0.512 e. The van der Waals surface area contributed by atoms with Gasteiger partial charge in [0.1, 0.15) is 6.04 Å². The number of nitrogens with one attached hydrogen (secondary N) is 1. The second-order valence-corrected chi connectivity index (χ2v) is 3.58. The van der Waals surface area contributed by atoms with Crippen molar-refractivity contribution in [2.45, 2.75) is 25.8 Å². The maximum absolute atomic E-state index is 11.7. The van der Waals surface area contributed by atoms with E-state index in [1.165, 1.54) is 24.1 Å². The summed E-state index contributed by atoms with van der Waals surface area (Å²) in [6.45, 7) is 5.00. The van der Waals surface area contributed by atoms with Crippen LogP contribution in [0.2, 0.25) is 0 Å². The summed E-state index contributed by atoms with van der Waals surface area (Å²) in [5.41, 5.74) is 1.98. The molecule has 0 aromatic heterocycles. The normalized spacial score (nSPS) is 12.8. The summed E-state index contributed by atoms with van der Waals surface area (Å²) in [5.74, 6) is 4.37. The molecule has 0 aromatic carbocycles. The monoisotopic (exact) mass is 241 g/mol. The molecule has 0 rings (SSSR count). The molecule has 0 spiro atoms. The molecule has 6 heteroatoms.